The average molecular weight is 242 g/mol. The topological polar surface area (TPSA) is 39.4 Å². The number of para-hydroxylation sites is 1. The Balaban J connectivity index is 2.31. The molecule has 0 fully saturated rings. The maximum atomic E-state index is 10.6. The van der Waals surface area contributed by atoms with Crippen molar-refractivity contribution in [1.29, 1.82) is 0 Å². The van der Waals surface area contributed by atoms with Gasteiger partial charge in [0.1, 0.15) is 18.1 Å². The molecule has 2 aromatic rings. The minimum Gasteiger partial charge on any atom is -0.489 e. The monoisotopic (exact) mass is 242 g/mol. The third-order valence-corrected chi connectivity index (χ3v) is 2.37. The molecule has 1 aromatic carbocycles. The van der Waals surface area contributed by atoms with Gasteiger partial charge in [0, 0.05) is 0 Å². The number of aldehydes is 1. The lowest BCUT2D eigenvalue weighted by atomic mass is 10.1. The van der Waals surface area contributed by atoms with Crippen molar-refractivity contribution in [3.8, 4) is 17.1 Å². The number of furan rings is 1. The van der Waals surface area contributed by atoms with Crippen molar-refractivity contribution in [3.05, 3.63) is 54.3 Å². The Labute approximate surface area is 106 Å². The van der Waals surface area contributed by atoms with Gasteiger partial charge in [-0.15, -0.1) is 0 Å². The van der Waals surface area contributed by atoms with E-state index in [0.29, 0.717) is 30.2 Å². The Morgan fingerprint density at radius 2 is 2.11 bits per heavy atom. The summed E-state index contributed by atoms with van der Waals surface area (Å²) in [7, 11) is 0. The predicted octanol–water partition coefficient (Wildman–Crippen LogP) is 3.71. The first-order valence-corrected chi connectivity index (χ1v) is 5.62. The van der Waals surface area contributed by atoms with Gasteiger partial charge in [0.05, 0.1) is 5.56 Å². The summed E-state index contributed by atoms with van der Waals surface area (Å²) < 4.78 is 11.0. The first-order valence-electron chi connectivity index (χ1n) is 5.62. The maximum absolute atomic E-state index is 10.6. The summed E-state index contributed by atoms with van der Waals surface area (Å²) in [6.45, 7) is 6.15. The lowest BCUT2D eigenvalue weighted by Gasteiger charge is -2.09. The van der Waals surface area contributed by atoms with Gasteiger partial charge in [-0.25, -0.2) is 0 Å². The Morgan fingerprint density at radius 1 is 1.33 bits per heavy atom. The van der Waals surface area contributed by atoms with Crippen LogP contribution in [0.1, 0.15) is 17.5 Å². The molecule has 3 heteroatoms. The molecule has 0 aliphatic rings. The van der Waals surface area contributed by atoms with Gasteiger partial charge >= 0.3 is 0 Å². The molecule has 0 spiro atoms. The molecule has 18 heavy (non-hydrogen) atoms. The lowest BCUT2D eigenvalue weighted by Crippen LogP contribution is -1.98. The highest BCUT2D eigenvalue weighted by Gasteiger charge is 2.09. The summed E-state index contributed by atoms with van der Waals surface area (Å²) in [6, 6.07) is 10.9. The highest BCUT2D eigenvalue weighted by molar-refractivity contribution is 5.74. The average Bonchev–Trinajstić information content (AvgIpc) is 2.85. The smallest absolute Gasteiger partial charge is 0.185 e. The van der Waals surface area contributed by atoms with Crippen LogP contribution < -0.4 is 4.74 Å². The van der Waals surface area contributed by atoms with E-state index in [-0.39, 0.29) is 0 Å². The molecule has 0 aliphatic heterocycles. The van der Waals surface area contributed by atoms with E-state index < -0.39 is 0 Å². The number of hydrogen-bond donors (Lipinski definition) is 0. The van der Waals surface area contributed by atoms with Gasteiger partial charge in [0.25, 0.3) is 0 Å². The van der Waals surface area contributed by atoms with E-state index in [1.165, 1.54) is 0 Å². The molecule has 0 saturated carbocycles. The minimum atomic E-state index is 0.305. The van der Waals surface area contributed by atoms with Gasteiger partial charge in [-0.3, -0.25) is 4.79 Å². The van der Waals surface area contributed by atoms with E-state index in [9.17, 15) is 4.79 Å². The highest BCUT2D eigenvalue weighted by Crippen LogP contribution is 2.31. The molecule has 0 atom stereocenters. The molecule has 0 amide bonds. The van der Waals surface area contributed by atoms with Crippen molar-refractivity contribution < 1.29 is 13.9 Å². The van der Waals surface area contributed by atoms with Gasteiger partial charge in [-0.1, -0.05) is 18.7 Å². The van der Waals surface area contributed by atoms with Crippen LogP contribution in [0, 0.1) is 0 Å². The zero-order valence-electron chi connectivity index (χ0n) is 10.2. The Morgan fingerprint density at radius 3 is 2.78 bits per heavy atom. The molecule has 0 saturated heterocycles. The van der Waals surface area contributed by atoms with Gasteiger partial charge < -0.3 is 9.15 Å². The quantitative estimate of drug-likeness (QED) is 0.592. The fourth-order valence-corrected chi connectivity index (χ4v) is 1.56. The van der Waals surface area contributed by atoms with E-state index in [1.54, 1.807) is 12.1 Å². The number of carbonyl (C=O) groups is 1. The number of benzene rings is 1. The molecule has 0 N–H and O–H groups in total. The Bertz CT molecular complexity index is 567. The van der Waals surface area contributed by atoms with E-state index in [2.05, 4.69) is 6.58 Å². The molecule has 2 rings (SSSR count). The third kappa shape index (κ3) is 2.69. The molecule has 1 aromatic heterocycles. The minimum absolute atomic E-state index is 0.305. The van der Waals surface area contributed by atoms with Gasteiger partial charge in [0.15, 0.2) is 12.0 Å². The van der Waals surface area contributed by atoms with Crippen molar-refractivity contribution >= 4 is 6.29 Å². The fraction of sp³-hybridized carbons (Fsp3) is 0.133. The molecule has 3 nitrogen and oxygen atoms in total. The van der Waals surface area contributed by atoms with Crippen LogP contribution in [0.4, 0.5) is 0 Å². The Kier molecular flexibility index (Phi) is 3.63. The van der Waals surface area contributed by atoms with Crippen molar-refractivity contribution in [2.45, 2.75) is 6.92 Å². The predicted molar refractivity (Wildman–Crippen MR) is 69.8 cm³/mol. The normalized spacial score (nSPS) is 10.1. The van der Waals surface area contributed by atoms with Crippen molar-refractivity contribution in [1.82, 2.24) is 0 Å². The van der Waals surface area contributed by atoms with Crippen molar-refractivity contribution in [2.24, 2.45) is 0 Å². The summed E-state index contributed by atoms with van der Waals surface area (Å²) in [4.78, 5) is 10.6. The SMILES string of the molecule is C=C(C)COc1ccccc1-c1ccc(C=O)o1. The summed E-state index contributed by atoms with van der Waals surface area (Å²) >= 11 is 0. The number of ether oxygens (including phenoxy) is 1. The number of carbonyl (C=O) groups excluding carboxylic acids is 1. The zero-order valence-corrected chi connectivity index (χ0v) is 10.2. The molecule has 0 aliphatic carbocycles. The van der Waals surface area contributed by atoms with Crippen LogP contribution in [-0.4, -0.2) is 12.9 Å². The molecule has 0 bridgehead atoms. The van der Waals surface area contributed by atoms with Crippen molar-refractivity contribution in [3.63, 3.8) is 0 Å². The van der Waals surface area contributed by atoms with Crippen LogP contribution >= 0.6 is 0 Å². The first kappa shape index (κ1) is 12.2. The third-order valence-electron chi connectivity index (χ3n) is 2.37. The molecule has 0 radical (unpaired) electrons. The highest BCUT2D eigenvalue weighted by atomic mass is 16.5. The summed E-state index contributed by atoms with van der Waals surface area (Å²) in [5.41, 5.74) is 1.77. The molecular formula is C15H14O3. The van der Waals surface area contributed by atoms with Crippen LogP contribution in [0.2, 0.25) is 0 Å². The molecule has 92 valence electrons. The fourth-order valence-electron chi connectivity index (χ4n) is 1.56. The first-order chi connectivity index (χ1) is 8.70. The zero-order chi connectivity index (χ0) is 13.0. The Hall–Kier alpha value is -2.29. The van der Waals surface area contributed by atoms with Crippen LogP contribution in [0.3, 0.4) is 0 Å². The lowest BCUT2D eigenvalue weighted by molar-refractivity contribution is 0.110. The van der Waals surface area contributed by atoms with Crippen LogP contribution in [0.15, 0.2) is 53.0 Å². The van der Waals surface area contributed by atoms with E-state index >= 15 is 0 Å². The standard InChI is InChI=1S/C15H14O3/c1-11(2)10-17-14-6-4-3-5-13(14)15-8-7-12(9-16)18-15/h3-9H,1,10H2,2H3. The second-order valence-corrected chi connectivity index (χ2v) is 4.06. The second kappa shape index (κ2) is 5.36. The molecule has 1 heterocycles. The molecule has 0 unspecified atom stereocenters. The van der Waals surface area contributed by atoms with E-state index in [1.807, 2.05) is 31.2 Å². The van der Waals surface area contributed by atoms with Crippen molar-refractivity contribution in [2.75, 3.05) is 6.61 Å². The van der Waals surface area contributed by atoms with Crippen LogP contribution in [0.25, 0.3) is 11.3 Å². The summed E-state index contributed by atoms with van der Waals surface area (Å²) in [6.07, 6.45) is 0.681. The van der Waals surface area contributed by atoms with Gasteiger partial charge in [0.2, 0.25) is 0 Å². The van der Waals surface area contributed by atoms with Gasteiger partial charge in [-0.2, -0.15) is 0 Å². The number of hydrogen-bond acceptors (Lipinski definition) is 3. The number of rotatable bonds is 5. The van der Waals surface area contributed by atoms with Crippen LogP contribution in [0.5, 0.6) is 5.75 Å². The summed E-state index contributed by atoms with van der Waals surface area (Å²) in [5, 5.41) is 0. The molecular weight excluding hydrogens is 228 g/mol. The van der Waals surface area contributed by atoms with E-state index in [0.717, 1.165) is 11.1 Å². The largest absolute Gasteiger partial charge is 0.489 e. The van der Waals surface area contributed by atoms with Gasteiger partial charge in [-0.05, 0) is 36.8 Å². The second-order valence-electron chi connectivity index (χ2n) is 4.06. The maximum Gasteiger partial charge on any atom is 0.185 e. The van der Waals surface area contributed by atoms with Crippen LogP contribution in [-0.2, 0) is 0 Å². The van der Waals surface area contributed by atoms with E-state index in [4.69, 9.17) is 9.15 Å². The summed E-state index contributed by atoms with van der Waals surface area (Å²) in [5.74, 6) is 1.64.